The van der Waals surface area contributed by atoms with Crippen molar-refractivity contribution >= 4 is 15.7 Å². The molecule has 8 heteroatoms. The van der Waals surface area contributed by atoms with Gasteiger partial charge in [-0.1, -0.05) is 0 Å². The third-order valence-corrected chi connectivity index (χ3v) is 4.49. The molecule has 0 aliphatic carbocycles. The molecule has 106 valence electrons. The number of sulfonamides is 1. The molecule has 0 bridgehead atoms. The van der Waals surface area contributed by atoms with Crippen LogP contribution in [-0.2, 0) is 10.0 Å². The molecule has 2 N–H and O–H groups in total. The fourth-order valence-electron chi connectivity index (χ4n) is 1.57. The van der Waals surface area contributed by atoms with Crippen LogP contribution in [0.25, 0.3) is 0 Å². The Morgan fingerprint density at radius 1 is 1.20 bits per heavy atom. The van der Waals surface area contributed by atoms with Gasteiger partial charge < -0.3 is 5.73 Å². The van der Waals surface area contributed by atoms with E-state index in [-0.39, 0.29) is 36.5 Å². The fraction of sp³-hybridized carbons (Fsp3) is 0.333. The second kappa shape index (κ2) is 6.85. The smallest absolute Gasteiger partial charge is 0.245 e. The first-order valence-electron chi connectivity index (χ1n) is 5.72. The molecule has 0 saturated carbocycles. The van der Waals surface area contributed by atoms with Crippen LogP contribution in [0, 0.1) is 28.5 Å². The fourth-order valence-corrected chi connectivity index (χ4v) is 3.14. The third kappa shape index (κ3) is 3.67. The van der Waals surface area contributed by atoms with Crippen LogP contribution in [0.1, 0.15) is 12.8 Å². The van der Waals surface area contributed by atoms with Crippen LogP contribution in [0.4, 0.5) is 10.1 Å². The van der Waals surface area contributed by atoms with E-state index in [9.17, 15) is 12.8 Å². The van der Waals surface area contributed by atoms with Crippen LogP contribution < -0.4 is 5.73 Å². The molecule has 6 nitrogen and oxygen atoms in total. The summed E-state index contributed by atoms with van der Waals surface area (Å²) in [5.74, 6) is -0.724. The number of nitriles is 2. The molecule has 0 fully saturated rings. The van der Waals surface area contributed by atoms with E-state index in [1.807, 2.05) is 12.1 Å². The Kier molecular flexibility index (Phi) is 5.44. The number of rotatable bonds is 6. The van der Waals surface area contributed by atoms with E-state index in [0.29, 0.717) is 0 Å². The Balaban J connectivity index is 3.18. The van der Waals surface area contributed by atoms with Crippen molar-refractivity contribution in [2.75, 3.05) is 18.8 Å². The van der Waals surface area contributed by atoms with Gasteiger partial charge in [0.2, 0.25) is 10.0 Å². The minimum atomic E-state index is -4.03. The number of nitrogen functional groups attached to an aromatic ring is 1. The van der Waals surface area contributed by atoms with E-state index in [1.165, 1.54) is 0 Å². The number of benzene rings is 1. The van der Waals surface area contributed by atoms with Crippen molar-refractivity contribution in [2.45, 2.75) is 17.7 Å². The highest BCUT2D eigenvalue weighted by molar-refractivity contribution is 7.89. The van der Waals surface area contributed by atoms with E-state index in [2.05, 4.69) is 0 Å². The molecule has 1 aromatic rings. The summed E-state index contributed by atoms with van der Waals surface area (Å²) in [6.45, 7) is -0.146. The van der Waals surface area contributed by atoms with Gasteiger partial charge in [-0.15, -0.1) is 0 Å². The summed E-state index contributed by atoms with van der Waals surface area (Å²) in [6.07, 6.45) is -0.0558. The van der Waals surface area contributed by atoms with Crippen LogP contribution in [0.3, 0.4) is 0 Å². The van der Waals surface area contributed by atoms with Crippen molar-refractivity contribution in [2.24, 2.45) is 0 Å². The van der Waals surface area contributed by atoms with E-state index in [1.54, 1.807) is 0 Å². The number of nitrogens with zero attached hydrogens (tertiary/aromatic N) is 3. The Hall–Kier alpha value is -2.16. The number of halogens is 1. The van der Waals surface area contributed by atoms with Gasteiger partial charge in [0.15, 0.2) is 0 Å². The molecular weight excluding hydrogens is 283 g/mol. The minimum Gasteiger partial charge on any atom is -0.398 e. The van der Waals surface area contributed by atoms with Gasteiger partial charge in [0.25, 0.3) is 0 Å². The summed E-state index contributed by atoms with van der Waals surface area (Å²) in [7, 11) is -4.03. The summed E-state index contributed by atoms with van der Waals surface area (Å²) in [5, 5.41) is 17.1. The maximum Gasteiger partial charge on any atom is 0.245 e. The second-order valence-electron chi connectivity index (χ2n) is 3.90. The van der Waals surface area contributed by atoms with Gasteiger partial charge in [-0.05, 0) is 18.2 Å². The van der Waals surface area contributed by atoms with Crippen molar-refractivity contribution < 1.29 is 12.8 Å². The monoisotopic (exact) mass is 296 g/mol. The molecule has 0 aliphatic heterocycles. The van der Waals surface area contributed by atoms with Crippen molar-refractivity contribution in [3.8, 4) is 12.1 Å². The Morgan fingerprint density at radius 3 is 2.25 bits per heavy atom. The SMILES string of the molecule is N#CCCN(CCC#N)S(=O)(=O)c1cc(F)ccc1N. The first-order chi connectivity index (χ1) is 9.43. The van der Waals surface area contributed by atoms with Gasteiger partial charge in [0.05, 0.1) is 17.8 Å². The number of hydrogen-bond donors (Lipinski definition) is 1. The van der Waals surface area contributed by atoms with Gasteiger partial charge in [-0.3, -0.25) is 0 Å². The summed E-state index contributed by atoms with van der Waals surface area (Å²) in [4.78, 5) is -0.353. The van der Waals surface area contributed by atoms with E-state index in [0.717, 1.165) is 22.5 Å². The molecule has 0 spiro atoms. The first kappa shape index (κ1) is 15.9. The molecule has 1 rings (SSSR count). The number of anilines is 1. The lowest BCUT2D eigenvalue weighted by Gasteiger charge is -2.20. The molecule has 1 aromatic carbocycles. The molecule has 0 atom stereocenters. The zero-order valence-corrected chi connectivity index (χ0v) is 11.4. The zero-order chi connectivity index (χ0) is 15.2. The first-order valence-corrected chi connectivity index (χ1v) is 7.16. The number of hydrogen-bond acceptors (Lipinski definition) is 5. The largest absolute Gasteiger partial charge is 0.398 e. The van der Waals surface area contributed by atoms with E-state index in [4.69, 9.17) is 16.3 Å². The quantitative estimate of drug-likeness (QED) is 0.793. The van der Waals surface area contributed by atoms with Crippen LogP contribution in [0.15, 0.2) is 23.1 Å². The van der Waals surface area contributed by atoms with Crippen molar-refractivity contribution in [3.63, 3.8) is 0 Å². The predicted molar refractivity (Wildman–Crippen MR) is 70.0 cm³/mol. The molecule has 0 amide bonds. The maximum absolute atomic E-state index is 13.2. The predicted octanol–water partition coefficient (Wildman–Crippen LogP) is 1.23. The Labute approximate surface area is 116 Å². The van der Waals surface area contributed by atoms with Crippen molar-refractivity contribution in [1.82, 2.24) is 4.31 Å². The lowest BCUT2D eigenvalue weighted by Crippen LogP contribution is -2.33. The summed E-state index contributed by atoms with van der Waals surface area (Å²) in [5.41, 5.74) is 5.49. The van der Waals surface area contributed by atoms with Crippen LogP contribution >= 0.6 is 0 Å². The van der Waals surface area contributed by atoms with Crippen LogP contribution in [0.2, 0.25) is 0 Å². The summed E-state index contributed by atoms with van der Waals surface area (Å²) in [6, 6.07) is 6.71. The zero-order valence-electron chi connectivity index (χ0n) is 10.6. The lowest BCUT2D eigenvalue weighted by molar-refractivity contribution is 0.424. The standard InChI is InChI=1S/C12H13FN4O2S/c13-10-3-4-11(16)12(9-10)20(18,19)17(7-1-5-14)8-2-6-15/h3-4,9H,1-2,7-8,16H2. The highest BCUT2D eigenvalue weighted by Crippen LogP contribution is 2.23. The van der Waals surface area contributed by atoms with Gasteiger partial charge in [0.1, 0.15) is 10.7 Å². The average Bonchev–Trinajstić information content (AvgIpc) is 2.41. The van der Waals surface area contributed by atoms with Gasteiger partial charge in [0, 0.05) is 25.9 Å². The lowest BCUT2D eigenvalue weighted by atomic mass is 10.3. The average molecular weight is 296 g/mol. The number of nitrogens with two attached hydrogens (primary N) is 1. The minimum absolute atomic E-state index is 0.0279. The van der Waals surface area contributed by atoms with Gasteiger partial charge in [-0.2, -0.15) is 14.8 Å². The van der Waals surface area contributed by atoms with Gasteiger partial charge in [-0.25, -0.2) is 12.8 Å². The normalized spacial score (nSPS) is 11.0. The molecular formula is C12H13FN4O2S. The molecule has 0 unspecified atom stereocenters. The van der Waals surface area contributed by atoms with Gasteiger partial charge >= 0.3 is 0 Å². The molecule has 0 radical (unpaired) electrons. The molecule has 0 heterocycles. The van der Waals surface area contributed by atoms with E-state index < -0.39 is 15.8 Å². The maximum atomic E-state index is 13.2. The highest BCUT2D eigenvalue weighted by atomic mass is 32.2. The van der Waals surface area contributed by atoms with Crippen molar-refractivity contribution in [3.05, 3.63) is 24.0 Å². The Bertz CT molecular complexity index is 643. The van der Waals surface area contributed by atoms with Crippen molar-refractivity contribution in [1.29, 1.82) is 10.5 Å². The molecule has 0 aliphatic rings. The molecule has 0 aromatic heterocycles. The van der Waals surface area contributed by atoms with Crippen LogP contribution in [0.5, 0.6) is 0 Å². The highest BCUT2D eigenvalue weighted by Gasteiger charge is 2.26. The third-order valence-electron chi connectivity index (χ3n) is 2.54. The molecule has 20 heavy (non-hydrogen) atoms. The Morgan fingerprint density at radius 2 is 1.75 bits per heavy atom. The van der Waals surface area contributed by atoms with E-state index >= 15 is 0 Å². The topological polar surface area (TPSA) is 111 Å². The summed E-state index contributed by atoms with van der Waals surface area (Å²) >= 11 is 0. The summed E-state index contributed by atoms with van der Waals surface area (Å²) < 4.78 is 38.9. The van der Waals surface area contributed by atoms with Crippen LogP contribution in [-0.4, -0.2) is 25.8 Å². The molecule has 0 saturated heterocycles. The second-order valence-corrected chi connectivity index (χ2v) is 5.81.